The number of rotatable bonds is 3. The number of halogens is 2. The Hall–Kier alpha value is -1.14. The van der Waals surface area contributed by atoms with Crippen molar-refractivity contribution in [3.8, 4) is 0 Å². The lowest BCUT2D eigenvalue weighted by Crippen LogP contribution is -2.37. The van der Waals surface area contributed by atoms with Crippen molar-refractivity contribution in [3.63, 3.8) is 0 Å². The SMILES string of the molecule is CN(CC(=O)N1CCCC1)c1nc(Cl)nc(Cl)n1. The van der Waals surface area contributed by atoms with Crippen LogP contribution in [0.3, 0.4) is 0 Å². The first kappa shape index (κ1) is 13.3. The molecule has 98 valence electrons. The molecule has 1 aliphatic rings. The fourth-order valence-corrected chi connectivity index (χ4v) is 2.18. The molecule has 0 spiro atoms. The predicted octanol–water partition coefficient (Wildman–Crippen LogP) is 1.24. The van der Waals surface area contributed by atoms with E-state index >= 15 is 0 Å². The summed E-state index contributed by atoms with van der Waals surface area (Å²) in [5, 5.41) is 0.0379. The van der Waals surface area contributed by atoms with Crippen LogP contribution in [0.4, 0.5) is 5.95 Å². The van der Waals surface area contributed by atoms with Crippen LogP contribution in [0.25, 0.3) is 0 Å². The van der Waals surface area contributed by atoms with Gasteiger partial charge in [-0.3, -0.25) is 4.79 Å². The number of hydrogen-bond acceptors (Lipinski definition) is 5. The smallest absolute Gasteiger partial charge is 0.242 e. The van der Waals surface area contributed by atoms with Crippen molar-refractivity contribution in [2.75, 3.05) is 31.6 Å². The lowest BCUT2D eigenvalue weighted by Gasteiger charge is -2.21. The number of likely N-dealkylation sites (tertiary alicyclic amines) is 1. The molecule has 18 heavy (non-hydrogen) atoms. The molecule has 0 atom stereocenters. The first-order valence-corrected chi connectivity index (χ1v) is 6.38. The first-order valence-electron chi connectivity index (χ1n) is 5.62. The van der Waals surface area contributed by atoms with Crippen molar-refractivity contribution in [1.29, 1.82) is 0 Å². The summed E-state index contributed by atoms with van der Waals surface area (Å²) in [6.45, 7) is 1.85. The molecule has 1 saturated heterocycles. The summed E-state index contributed by atoms with van der Waals surface area (Å²) in [5.74, 6) is 0.357. The van der Waals surface area contributed by atoms with Crippen LogP contribution in [0, 0.1) is 0 Å². The Bertz CT molecular complexity index is 430. The average Bonchev–Trinajstić information content (AvgIpc) is 2.80. The monoisotopic (exact) mass is 289 g/mol. The van der Waals surface area contributed by atoms with Gasteiger partial charge in [-0.1, -0.05) is 0 Å². The largest absolute Gasteiger partial charge is 0.341 e. The van der Waals surface area contributed by atoms with Crippen LogP contribution < -0.4 is 4.90 Å². The molecule has 6 nitrogen and oxygen atoms in total. The van der Waals surface area contributed by atoms with E-state index in [1.807, 2.05) is 4.90 Å². The van der Waals surface area contributed by atoms with E-state index in [1.54, 1.807) is 11.9 Å². The van der Waals surface area contributed by atoms with E-state index in [9.17, 15) is 4.79 Å². The zero-order valence-electron chi connectivity index (χ0n) is 9.94. The van der Waals surface area contributed by atoms with E-state index in [2.05, 4.69) is 15.0 Å². The summed E-state index contributed by atoms with van der Waals surface area (Å²) in [6, 6.07) is 0. The number of hydrogen-bond donors (Lipinski definition) is 0. The van der Waals surface area contributed by atoms with Crippen LogP contribution in [-0.4, -0.2) is 52.4 Å². The van der Waals surface area contributed by atoms with Crippen molar-refractivity contribution < 1.29 is 4.79 Å². The number of carbonyl (C=O) groups excluding carboxylic acids is 1. The molecule has 0 unspecified atom stereocenters. The molecule has 0 aliphatic carbocycles. The standard InChI is InChI=1S/C10H13Cl2N5O/c1-16(6-7(18)17-4-2-3-5-17)10-14-8(11)13-9(12)15-10/h2-6H2,1H3. The maximum Gasteiger partial charge on any atom is 0.242 e. The quantitative estimate of drug-likeness (QED) is 0.838. The molecule has 8 heteroatoms. The third kappa shape index (κ3) is 3.20. The molecule has 1 amide bonds. The fraction of sp³-hybridized carbons (Fsp3) is 0.600. The number of amides is 1. The van der Waals surface area contributed by atoms with Gasteiger partial charge in [-0.25, -0.2) is 0 Å². The predicted molar refractivity (Wildman–Crippen MR) is 68.9 cm³/mol. The molecule has 1 aromatic rings. The molecule has 0 bridgehead atoms. The van der Waals surface area contributed by atoms with Crippen molar-refractivity contribution in [2.24, 2.45) is 0 Å². The van der Waals surface area contributed by atoms with E-state index in [4.69, 9.17) is 23.2 Å². The Labute approximate surface area is 115 Å². The molecule has 1 aromatic heterocycles. The molecular weight excluding hydrogens is 277 g/mol. The number of anilines is 1. The minimum absolute atomic E-state index is 0.0190. The molecule has 0 aromatic carbocycles. The first-order chi connectivity index (χ1) is 8.56. The third-order valence-corrected chi connectivity index (χ3v) is 3.08. The van der Waals surface area contributed by atoms with Gasteiger partial charge in [-0.15, -0.1) is 0 Å². The van der Waals surface area contributed by atoms with Crippen molar-refractivity contribution in [3.05, 3.63) is 10.6 Å². The molecule has 1 fully saturated rings. The van der Waals surface area contributed by atoms with Crippen LogP contribution in [0.15, 0.2) is 0 Å². The van der Waals surface area contributed by atoms with Gasteiger partial charge in [0.05, 0.1) is 6.54 Å². The third-order valence-electron chi connectivity index (χ3n) is 2.74. The number of carbonyl (C=O) groups is 1. The zero-order chi connectivity index (χ0) is 13.1. The highest BCUT2D eigenvalue weighted by Gasteiger charge is 2.20. The highest BCUT2D eigenvalue weighted by Crippen LogP contribution is 2.13. The molecular formula is C10H13Cl2N5O. The second-order valence-corrected chi connectivity index (χ2v) is 4.79. The molecule has 2 heterocycles. The van der Waals surface area contributed by atoms with Crippen LogP contribution in [-0.2, 0) is 4.79 Å². The normalized spacial score (nSPS) is 14.9. The minimum atomic E-state index is 0.0190. The van der Waals surface area contributed by atoms with Gasteiger partial charge < -0.3 is 9.80 Å². The molecule has 0 saturated carbocycles. The summed E-state index contributed by atoms with van der Waals surface area (Å²) in [6.07, 6.45) is 2.14. The van der Waals surface area contributed by atoms with Crippen molar-refractivity contribution >= 4 is 35.1 Å². The maximum absolute atomic E-state index is 11.9. The summed E-state index contributed by atoms with van der Waals surface area (Å²) in [4.78, 5) is 26.9. The van der Waals surface area contributed by atoms with Gasteiger partial charge in [0.15, 0.2) is 0 Å². The Morgan fingerprint density at radius 3 is 2.33 bits per heavy atom. The van der Waals surface area contributed by atoms with Gasteiger partial charge in [0.25, 0.3) is 0 Å². The Morgan fingerprint density at radius 2 is 1.78 bits per heavy atom. The topological polar surface area (TPSA) is 62.2 Å². The molecule has 0 radical (unpaired) electrons. The van der Waals surface area contributed by atoms with Crippen molar-refractivity contribution in [2.45, 2.75) is 12.8 Å². The second-order valence-electron chi connectivity index (χ2n) is 4.12. The van der Waals surface area contributed by atoms with E-state index in [0.717, 1.165) is 25.9 Å². The molecule has 2 rings (SSSR count). The second kappa shape index (κ2) is 5.67. The number of nitrogens with zero attached hydrogens (tertiary/aromatic N) is 5. The highest BCUT2D eigenvalue weighted by molar-refractivity contribution is 6.31. The highest BCUT2D eigenvalue weighted by atomic mass is 35.5. The number of likely N-dealkylation sites (N-methyl/N-ethyl adjacent to an activating group) is 1. The lowest BCUT2D eigenvalue weighted by atomic mass is 10.4. The number of aromatic nitrogens is 3. The van der Waals surface area contributed by atoms with Crippen molar-refractivity contribution in [1.82, 2.24) is 19.9 Å². The summed E-state index contributed by atoms with van der Waals surface area (Å²) in [5.41, 5.74) is 0. The molecule has 0 N–H and O–H groups in total. The summed E-state index contributed by atoms with van der Waals surface area (Å²) in [7, 11) is 1.72. The van der Waals surface area contributed by atoms with Gasteiger partial charge >= 0.3 is 0 Å². The Morgan fingerprint density at radius 1 is 1.22 bits per heavy atom. The van der Waals surface area contributed by atoms with Gasteiger partial charge in [0.2, 0.25) is 22.4 Å². The van der Waals surface area contributed by atoms with Gasteiger partial charge in [-0.05, 0) is 36.0 Å². The van der Waals surface area contributed by atoms with E-state index in [-0.39, 0.29) is 23.0 Å². The van der Waals surface area contributed by atoms with Gasteiger partial charge in [0.1, 0.15) is 0 Å². The van der Waals surface area contributed by atoms with E-state index in [0.29, 0.717) is 5.95 Å². The van der Waals surface area contributed by atoms with Gasteiger partial charge in [0, 0.05) is 20.1 Å². The summed E-state index contributed by atoms with van der Waals surface area (Å²) >= 11 is 11.4. The van der Waals surface area contributed by atoms with Gasteiger partial charge in [-0.2, -0.15) is 15.0 Å². The van der Waals surface area contributed by atoms with Crippen LogP contribution in [0.2, 0.25) is 10.6 Å². The summed E-state index contributed by atoms with van der Waals surface area (Å²) < 4.78 is 0. The Kier molecular flexibility index (Phi) is 4.19. The fourth-order valence-electron chi connectivity index (χ4n) is 1.83. The van der Waals surface area contributed by atoms with Crippen LogP contribution in [0.1, 0.15) is 12.8 Å². The average molecular weight is 290 g/mol. The molecule has 1 aliphatic heterocycles. The zero-order valence-corrected chi connectivity index (χ0v) is 11.4. The minimum Gasteiger partial charge on any atom is -0.341 e. The van der Waals surface area contributed by atoms with Crippen LogP contribution >= 0.6 is 23.2 Å². The maximum atomic E-state index is 11.9. The Balaban J connectivity index is 2.02. The van der Waals surface area contributed by atoms with E-state index < -0.39 is 0 Å². The van der Waals surface area contributed by atoms with E-state index in [1.165, 1.54) is 0 Å². The lowest BCUT2D eigenvalue weighted by molar-refractivity contribution is -0.128. The van der Waals surface area contributed by atoms with Crippen LogP contribution in [0.5, 0.6) is 0 Å².